The lowest BCUT2D eigenvalue weighted by Gasteiger charge is -2.32. The van der Waals surface area contributed by atoms with Crippen LogP contribution in [0, 0.1) is 6.92 Å². The van der Waals surface area contributed by atoms with Crippen molar-refractivity contribution in [1.82, 2.24) is 24.8 Å². The lowest BCUT2D eigenvalue weighted by Crippen LogP contribution is -2.39. The first-order valence-corrected chi connectivity index (χ1v) is 10.9. The second-order valence-electron chi connectivity index (χ2n) is 8.26. The molecule has 5 rings (SSSR count). The van der Waals surface area contributed by atoms with E-state index in [2.05, 4.69) is 15.4 Å². The molecule has 4 aromatic rings. The average Bonchev–Trinajstić information content (AvgIpc) is 3.40. The molecule has 0 bridgehead atoms. The van der Waals surface area contributed by atoms with E-state index in [4.69, 9.17) is 8.94 Å². The van der Waals surface area contributed by atoms with Crippen LogP contribution in [0.2, 0.25) is 0 Å². The molecule has 1 N–H and O–H groups in total. The number of rotatable bonds is 5. The molecule has 0 unspecified atom stereocenters. The van der Waals surface area contributed by atoms with Crippen molar-refractivity contribution < 1.29 is 13.7 Å². The van der Waals surface area contributed by atoms with Gasteiger partial charge in [-0.3, -0.25) is 14.2 Å². The molecule has 4 heterocycles. The number of hydrogen-bond acceptors (Lipinski definition) is 7. The first kappa shape index (κ1) is 20.9. The summed E-state index contributed by atoms with van der Waals surface area (Å²) in [6.07, 6.45) is 1.63. The highest BCUT2D eigenvalue weighted by molar-refractivity contribution is 5.77. The summed E-state index contributed by atoms with van der Waals surface area (Å²) in [5.41, 5.74) is 3.00. The number of benzene rings is 1. The van der Waals surface area contributed by atoms with Crippen molar-refractivity contribution in [2.75, 3.05) is 13.1 Å². The maximum Gasteiger partial charge on any atom is 0.419 e. The Morgan fingerprint density at radius 1 is 1.18 bits per heavy atom. The predicted molar refractivity (Wildman–Crippen MR) is 119 cm³/mol. The third-order valence-corrected chi connectivity index (χ3v) is 6.09. The van der Waals surface area contributed by atoms with Gasteiger partial charge in [-0.05, 0) is 31.9 Å². The fraction of sp³-hybridized carbons (Fsp3) is 0.348. The third-order valence-electron chi connectivity index (χ3n) is 6.09. The fourth-order valence-electron chi connectivity index (χ4n) is 4.41. The van der Waals surface area contributed by atoms with E-state index < -0.39 is 5.76 Å². The number of nitrogens with one attached hydrogen (secondary N) is 1. The Labute approximate surface area is 187 Å². The number of nitrogens with zero attached hydrogens (tertiary/aromatic N) is 4. The summed E-state index contributed by atoms with van der Waals surface area (Å²) in [6, 6.07) is 10.4. The summed E-state index contributed by atoms with van der Waals surface area (Å²) < 4.78 is 12.1. The van der Waals surface area contributed by atoms with Crippen LogP contribution in [-0.2, 0) is 11.3 Å². The maximum atomic E-state index is 12.8. The van der Waals surface area contributed by atoms with Crippen LogP contribution in [-0.4, -0.2) is 43.8 Å². The van der Waals surface area contributed by atoms with Crippen molar-refractivity contribution in [3.05, 3.63) is 68.7 Å². The number of H-pyrrole nitrogens is 1. The fourth-order valence-corrected chi connectivity index (χ4v) is 4.41. The van der Waals surface area contributed by atoms with Crippen LogP contribution in [0.3, 0.4) is 0 Å². The number of hydrogen-bond donors (Lipinski definition) is 1. The molecular formula is C23H23N5O5. The molecule has 10 nitrogen and oxygen atoms in total. The summed E-state index contributed by atoms with van der Waals surface area (Å²) in [4.78, 5) is 38.6. The number of aryl methyl sites for hydroxylation is 2. The van der Waals surface area contributed by atoms with Crippen LogP contribution in [0.25, 0.3) is 22.4 Å². The van der Waals surface area contributed by atoms with Gasteiger partial charge in [-0.15, -0.1) is 0 Å². The number of aromatic nitrogens is 4. The highest BCUT2D eigenvalue weighted by Crippen LogP contribution is 2.33. The van der Waals surface area contributed by atoms with Crippen molar-refractivity contribution in [2.24, 2.45) is 0 Å². The van der Waals surface area contributed by atoms with E-state index in [1.165, 1.54) is 10.6 Å². The second-order valence-corrected chi connectivity index (χ2v) is 8.26. The number of carbonyl (C=O) groups excluding carboxylic acids is 1. The topological polar surface area (TPSA) is 127 Å². The standard InChI is InChI=1S/C23H23N5O5/c1-14-12-19(33-26-14)16-13-20(29)24-25-22(16)15-6-9-27(10-7-15)21(30)8-11-28-17-4-2-3-5-18(17)32-23(28)31/h2-5,12-13,15H,6-11H2,1H3,(H,24,29). The quantitative estimate of drug-likeness (QED) is 0.496. The van der Waals surface area contributed by atoms with Gasteiger partial charge < -0.3 is 13.8 Å². The zero-order valence-electron chi connectivity index (χ0n) is 18.1. The van der Waals surface area contributed by atoms with E-state index in [0.29, 0.717) is 48.4 Å². The zero-order chi connectivity index (χ0) is 22.9. The average molecular weight is 449 g/mol. The zero-order valence-corrected chi connectivity index (χ0v) is 18.1. The van der Waals surface area contributed by atoms with Crippen molar-refractivity contribution in [1.29, 1.82) is 0 Å². The van der Waals surface area contributed by atoms with Crippen molar-refractivity contribution >= 4 is 17.0 Å². The van der Waals surface area contributed by atoms with Gasteiger partial charge in [-0.25, -0.2) is 9.89 Å². The Morgan fingerprint density at radius 3 is 2.73 bits per heavy atom. The van der Waals surface area contributed by atoms with E-state index >= 15 is 0 Å². The summed E-state index contributed by atoms with van der Waals surface area (Å²) in [5, 5.41) is 10.7. The molecule has 1 saturated heterocycles. The molecule has 1 aliphatic rings. The first-order chi connectivity index (χ1) is 16.0. The largest absolute Gasteiger partial charge is 0.419 e. The number of likely N-dealkylation sites (tertiary alicyclic amines) is 1. The minimum Gasteiger partial charge on any atom is -0.408 e. The van der Waals surface area contributed by atoms with Gasteiger partial charge >= 0.3 is 5.76 Å². The van der Waals surface area contributed by atoms with Crippen LogP contribution >= 0.6 is 0 Å². The molecule has 0 aliphatic carbocycles. The smallest absolute Gasteiger partial charge is 0.408 e. The minimum atomic E-state index is -0.456. The molecule has 1 fully saturated rings. The second kappa shape index (κ2) is 8.53. The number of aromatic amines is 1. The monoisotopic (exact) mass is 449 g/mol. The molecule has 1 amide bonds. The van der Waals surface area contributed by atoms with Crippen LogP contribution in [0.5, 0.6) is 0 Å². The highest BCUT2D eigenvalue weighted by Gasteiger charge is 2.28. The van der Waals surface area contributed by atoms with Gasteiger partial charge in [0.2, 0.25) is 5.91 Å². The Morgan fingerprint density at radius 2 is 1.97 bits per heavy atom. The molecule has 0 atom stereocenters. The highest BCUT2D eigenvalue weighted by atomic mass is 16.5. The Balaban J connectivity index is 1.25. The molecule has 0 spiro atoms. The van der Waals surface area contributed by atoms with E-state index in [9.17, 15) is 14.4 Å². The third kappa shape index (κ3) is 4.11. The lowest BCUT2D eigenvalue weighted by molar-refractivity contribution is -0.132. The van der Waals surface area contributed by atoms with Gasteiger partial charge in [0.1, 0.15) is 0 Å². The maximum absolute atomic E-state index is 12.8. The summed E-state index contributed by atoms with van der Waals surface area (Å²) >= 11 is 0. The molecule has 0 radical (unpaired) electrons. The molecule has 1 aliphatic heterocycles. The molecular weight excluding hydrogens is 426 g/mol. The Bertz CT molecular complexity index is 1420. The van der Waals surface area contributed by atoms with E-state index in [1.54, 1.807) is 24.3 Å². The summed E-state index contributed by atoms with van der Waals surface area (Å²) in [7, 11) is 0. The summed E-state index contributed by atoms with van der Waals surface area (Å²) in [5.74, 6) is 0.123. The molecule has 1 aromatic carbocycles. The predicted octanol–water partition coefficient (Wildman–Crippen LogP) is 2.44. The lowest BCUT2D eigenvalue weighted by atomic mass is 9.90. The van der Waals surface area contributed by atoms with E-state index in [0.717, 1.165) is 11.4 Å². The number of piperidine rings is 1. The molecule has 10 heteroatoms. The van der Waals surface area contributed by atoms with Crippen LogP contribution in [0.15, 0.2) is 54.9 Å². The van der Waals surface area contributed by atoms with Gasteiger partial charge in [0.15, 0.2) is 11.3 Å². The minimum absolute atomic E-state index is 0.00820. The van der Waals surface area contributed by atoms with Gasteiger partial charge in [-0.1, -0.05) is 17.3 Å². The summed E-state index contributed by atoms with van der Waals surface area (Å²) in [6.45, 7) is 3.23. The molecule has 33 heavy (non-hydrogen) atoms. The van der Waals surface area contributed by atoms with Gasteiger partial charge in [0, 0.05) is 49.7 Å². The van der Waals surface area contributed by atoms with E-state index in [1.807, 2.05) is 17.9 Å². The number of carbonyl (C=O) groups is 1. The number of para-hydroxylation sites is 2. The van der Waals surface area contributed by atoms with Crippen LogP contribution < -0.4 is 11.3 Å². The number of amides is 1. The Hall–Kier alpha value is -3.95. The molecule has 0 saturated carbocycles. The van der Waals surface area contributed by atoms with Crippen molar-refractivity contribution in [3.8, 4) is 11.3 Å². The molecule has 3 aromatic heterocycles. The molecule has 170 valence electrons. The van der Waals surface area contributed by atoms with Crippen LogP contribution in [0.1, 0.15) is 36.6 Å². The van der Waals surface area contributed by atoms with Gasteiger partial charge in [0.05, 0.1) is 16.9 Å². The van der Waals surface area contributed by atoms with Crippen LogP contribution in [0.4, 0.5) is 0 Å². The SMILES string of the molecule is Cc1cc(-c2cc(=O)[nH]nc2C2CCN(C(=O)CCn3c(=O)oc4ccccc43)CC2)on1. The number of fused-ring (bicyclic) bond motifs is 1. The van der Waals surface area contributed by atoms with Gasteiger partial charge in [-0.2, -0.15) is 5.10 Å². The van der Waals surface area contributed by atoms with Crippen molar-refractivity contribution in [2.45, 2.75) is 38.6 Å². The van der Waals surface area contributed by atoms with Crippen molar-refractivity contribution in [3.63, 3.8) is 0 Å². The Kier molecular flexibility index (Phi) is 5.41. The first-order valence-electron chi connectivity index (χ1n) is 10.9. The normalized spacial score (nSPS) is 14.8. The van der Waals surface area contributed by atoms with E-state index in [-0.39, 0.29) is 30.3 Å². The van der Waals surface area contributed by atoms with Gasteiger partial charge in [0.25, 0.3) is 5.56 Å². The number of oxazole rings is 1.